The van der Waals surface area contributed by atoms with E-state index in [4.69, 9.17) is 11.6 Å². The van der Waals surface area contributed by atoms with E-state index in [1.807, 2.05) is 20.2 Å². The molecule has 146 valence electrons. The van der Waals surface area contributed by atoms with Gasteiger partial charge in [-0.1, -0.05) is 11.6 Å². The molecule has 0 saturated carbocycles. The SMILES string of the molecule is Cc1nn(C)c2ncc(CN3CCN(C(=O)c4ccc(F)cc4Cl)CC3)cc12. The van der Waals surface area contributed by atoms with Crippen molar-refractivity contribution in [3.63, 3.8) is 0 Å². The van der Waals surface area contributed by atoms with E-state index in [1.54, 1.807) is 9.58 Å². The van der Waals surface area contributed by atoms with Crippen LogP contribution in [0.15, 0.2) is 30.5 Å². The van der Waals surface area contributed by atoms with Gasteiger partial charge >= 0.3 is 0 Å². The van der Waals surface area contributed by atoms with E-state index >= 15 is 0 Å². The van der Waals surface area contributed by atoms with Gasteiger partial charge in [0, 0.05) is 51.4 Å². The molecule has 2 aromatic heterocycles. The second-order valence-electron chi connectivity index (χ2n) is 7.12. The van der Waals surface area contributed by atoms with Gasteiger partial charge in [0.25, 0.3) is 5.91 Å². The number of aryl methyl sites for hydroxylation is 2. The fourth-order valence-corrected chi connectivity index (χ4v) is 3.89. The van der Waals surface area contributed by atoms with E-state index in [0.29, 0.717) is 18.7 Å². The highest BCUT2D eigenvalue weighted by Crippen LogP contribution is 2.21. The van der Waals surface area contributed by atoms with Crippen LogP contribution in [0.2, 0.25) is 5.02 Å². The molecule has 1 saturated heterocycles. The summed E-state index contributed by atoms with van der Waals surface area (Å²) in [6.07, 6.45) is 1.89. The number of aromatic nitrogens is 3. The van der Waals surface area contributed by atoms with Crippen molar-refractivity contribution in [3.05, 3.63) is 58.1 Å². The van der Waals surface area contributed by atoms with Gasteiger partial charge in [0.05, 0.1) is 16.3 Å². The maximum absolute atomic E-state index is 13.2. The fraction of sp³-hybridized carbons (Fsp3) is 0.350. The average Bonchev–Trinajstić information content (AvgIpc) is 2.95. The maximum atomic E-state index is 13.2. The van der Waals surface area contributed by atoms with Crippen molar-refractivity contribution in [3.8, 4) is 0 Å². The Bertz CT molecular complexity index is 1040. The zero-order valence-electron chi connectivity index (χ0n) is 15.8. The second kappa shape index (κ2) is 7.48. The second-order valence-corrected chi connectivity index (χ2v) is 7.52. The molecule has 0 aliphatic carbocycles. The standard InChI is InChI=1S/C20H21ClFN5O/c1-13-17-9-14(11-23-19(17)25(2)24-13)12-26-5-7-27(8-6-26)20(28)16-4-3-15(22)10-18(16)21/h3-4,9-11H,5-8,12H2,1-2H3. The van der Waals surface area contributed by atoms with Crippen LogP contribution in [0.3, 0.4) is 0 Å². The highest BCUT2D eigenvalue weighted by molar-refractivity contribution is 6.33. The first-order valence-corrected chi connectivity index (χ1v) is 9.55. The summed E-state index contributed by atoms with van der Waals surface area (Å²) in [6.45, 7) is 5.49. The van der Waals surface area contributed by atoms with Crippen LogP contribution in [0.5, 0.6) is 0 Å². The Kier molecular flexibility index (Phi) is 5.03. The number of piperazine rings is 1. The lowest BCUT2D eigenvalue weighted by molar-refractivity contribution is 0.0628. The van der Waals surface area contributed by atoms with Gasteiger partial charge in [-0.05, 0) is 36.8 Å². The van der Waals surface area contributed by atoms with Crippen molar-refractivity contribution in [1.82, 2.24) is 24.6 Å². The molecule has 8 heteroatoms. The molecule has 3 aromatic rings. The molecule has 0 unspecified atom stereocenters. The molecule has 0 spiro atoms. The lowest BCUT2D eigenvalue weighted by atomic mass is 10.1. The van der Waals surface area contributed by atoms with E-state index in [9.17, 15) is 9.18 Å². The maximum Gasteiger partial charge on any atom is 0.255 e. The lowest BCUT2D eigenvalue weighted by Crippen LogP contribution is -2.48. The molecular formula is C20H21ClFN5O. The van der Waals surface area contributed by atoms with Crippen LogP contribution in [0.4, 0.5) is 4.39 Å². The highest BCUT2D eigenvalue weighted by Gasteiger charge is 2.24. The molecule has 1 aliphatic rings. The van der Waals surface area contributed by atoms with Crippen molar-refractivity contribution in [2.24, 2.45) is 7.05 Å². The van der Waals surface area contributed by atoms with E-state index in [0.717, 1.165) is 41.9 Å². The van der Waals surface area contributed by atoms with Crippen LogP contribution >= 0.6 is 11.6 Å². The van der Waals surface area contributed by atoms with Gasteiger partial charge in [-0.25, -0.2) is 9.37 Å². The average molecular weight is 402 g/mol. The van der Waals surface area contributed by atoms with Gasteiger partial charge < -0.3 is 4.90 Å². The van der Waals surface area contributed by atoms with Gasteiger partial charge in [0.2, 0.25) is 0 Å². The Balaban J connectivity index is 1.40. The topological polar surface area (TPSA) is 54.3 Å². The van der Waals surface area contributed by atoms with Gasteiger partial charge in [0.1, 0.15) is 5.82 Å². The summed E-state index contributed by atoms with van der Waals surface area (Å²) in [6, 6.07) is 6.03. The molecular weight excluding hydrogens is 381 g/mol. The Morgan fingerprint density at radius 1 is 1.21 bits per heavy atom. The van der Waals surface area contributed by atoms with Crippen molar-refractivity contribution in [1.29, 1.82) is 0 Å². The van der Waals surface area contributed by atoms with E-state index in [2.05, 4.69) is 21.0 Å². The molecule has 6 nitrogen and oxygen atoms in total. The summed E-state index contributed by atoms with van der Waals surface area (Å²) in [7, 11) is 1.89. The molecule has 0 radical (unpaired) electrons. The van der Waals surface area contributed by atoms with Crippen LogP contribution in [-0.4, -0.2) is 56.7 Å². The summed E-state index contributed by atoms with van der Waals surface area (Å²) < 4.78 is 15.0. The molecule has 0 bridgehead atoms. The highest BCUT2D eigenvalue weighted by atomic mass is 35.5. The van der Waals surface area contributed by atoms with E-state index in [-0.39, 0.29) is 10.9 Å². The summed E-state index contributed by atoms with van der Waals surface area (Å²) in [5.74, 6) is -0.598. The first-order chi connectivity index (χ1) is 13.4. The summed E-state index contributed by atoms with van der Waals surface area (Å²) in [5, 5.41) is 5.63. The third-order valence-corrected chi connectivity index (χ3v) is 5.46. The molecule has 1 amide bonds. The van der Waals surface area contributed by atoms with Crippen LogP contribution in [0.1, 0.15) is 21.6 Å². The smallest absolute Gasteiger partial charge is 0.255 e. The largest absolute Gasteiger partial charge is 0.336 e. The summed E-state index contributed by atoms with van der Waals surface area (Å²) in [5.41, 5.74) is 3.33. The third-order valence-electron chi connectivity index (χ3n) is 5.15. The molecule has 4 rings (SSSR count). The first kappa shape index (κ1) is 18.8. The summed E-state index contributed by atoms with van der Waals surface area (Å²) in [4.78, 5) is 21.3. The quantitative estimate of drug-likeness (QED) is 0.677. The predicted octanol–water partition coefficient (Wildman–Crippen LogP) is 3.03. The predicted molar refractivity (Wildman–Crippen MR) is 106 cm³/mol. The van der Waals surface area contributed by atoms with E-state index < -0.39 is 5.82 Å². The van der Waals surface area contributed by atoms with Crippen molar-refractivity contribution in [2.75, 3.05) is 26.2 Å². The zero-order valence-corrected chi connectivity index (χ0v) is 16.6. The number of rotatable bonds is 3. The number of hydrogen-bond acceptors (Lipinski definition) is 4. The Morgan fingerprint density at radius 2 is 1.96 bits per heavy atom. The minimum Gasteiger partial charge on any atom is -0.336 e. The third kappa shape index (κ3) is 3.59. The van der Waals surface area contributed by atoms with Gasteiger partial charge in [0.15, 0.2) is 5.65 Å². The Morgan fingerprint density at radius 3 is 2.68 bits per heavy atom. The molecule has 3 heterocycles. The lowest BCUT2D eigenvalue weighted by Gasteiger charge is -2.34. The number of amides is 1. The number of benzene rings is 1. The van der Waals surface area contributed by atoms with Crippen molar-refractivity contribution >= 4 is 28.5 Å². The van der Waals surface area contributed by atoms with Crippen molar-refractivity contribution < 1.29 is 9.18 Å². The number of carbonyl (C=O) groups is 1. The van der Waals surface area contributed by atoms with Crippen LogP contribution < -0.4 is 0 Å². The molecule has 0 N–H and O–H groups in total. The van der Waals surface area contributed by atoms with E-state index in [1.165, 1.54) is 18.2 Å². The van der Waals surface area contributed by atoms with Gasteiger partial charge in [-0.15, -0.1) is 0 Å². The van der Waals surface area contributed by atoms with Crippen LogP contribution in [0.25, 0.3) is 11.0 Å². The Hall–Kier alpha value is -2.51. The first-order valence-electron chi connectivity index (χ1n) is 9.17. The molecule has 0 atom stereocenters. The monoisotopic (exact) mass is 401 g/mol. The van der Waals surface area contributed by atoms with Crippen LogP contribution in [-0.2, 0) is 13.6 Å². The fourth-order valence-electron chi connectivity index (χ4n) is 3.64. The molecule has 1 aliphatic heterocycles. The molecule has 28 heavy (non-hydrogen) atoms. The number of pyridine rings is 1. The number of hydrogen-bond donors (Lipinski definition) is 0. The summed E-state index contributed by atoms with van der Waals surface area (Å²) >= 11 is 6.03. The molecule has 1 aromatic carbocycles. The number of carbonyl (C=O) groups excluding carboxylic acids is 1. The number of nitrogens with zero attached hydrogens (tertiary/aromatic N) is 5. The minimum atomic E-state index is -0.444. The molecule has 1 fully saturated rings. The minimum absolute atomic E-state index is 0.152. The number of fused-ring (bicyclic) bond motifs is 1. The number of halogens is 2. The van der Waals surface area contributed by atoms with Gasteiger partial charge in [-0.2, -0.15) is 5.10 Å². The normalized spacial score (nSPS) is 15.4. The van der Waals surface area contributed by atoms with Crippen molar-refractivity contribution in [2.45, 2.75) is 13.5 Å². The Labute approximate surface area is 167 Å². The van der Waals surface area contributed by atoms with Crippen LogP contribution in [0, 0.1) is 12.7 Å². The van der Waals surface area contributed by atoms with Gasteiger partial charge in [-0.3, -0.25) is 14.4 Å². The zero-order chi connectivity index (χ0) is 19.8.